The van der Waals surface area contributed by atoms with E-state index in [0.29, 0.717) is 36.6 Å². The van der Waals surface area contributed by atoms with E-state index in [1.165, 1.54) is 18.2 Å². The van der Waals surface area contributed by atoms with Gasteiger partial charge in [0.05, 0.1) is 13.5 Å². The molecule has 0 aliphatic rings. The first kappa shape index (κ1) is 30.7. The molecule has 5 aromatic rings. The average Bonchev–Trinajstić information content (AvgIpc) is 3.07. The van der Waals surface area contributed by atoms with Crippen molar-refractivity contribution in [1.82, 2.24) is 10.2 Å². The number of nitrogens with one attached hydrogen (secondary N) is 1. The van der Waals surface area contributed by atoms with Gasteiger partial charge < -0.3 is 14.8 Å². The summed E-state index contributed by atoms with van der Waals surface area (Å²) in [5.41, 5.74) is 4.61. The molecular weight excluding hydrogens is 548 g/mol. The lowest BCUT2D eigenvalue weighted by Crippen LogP contribution is -2.27. The second-order valence-electron chi connectivity index (χ2n) is 10.7. The molecule has 0 saturated carbocycles. The van der Waals surface area contributed by atoms with Crippen LogP contribution in [0.5, 0.6) is 5.75 Å². The Hall–Kier alpha value is -4.78. The van der Waals surface area contributed by atoms with Gasteiger partial charge in [-0.1, -0.05) is 109 Å². The third kappa shape index (κ3) is 8.40. The molecule has 0 heterocycles. The third-order valence-electron chi connectivity index (χ3n) is 7.56. The van der Waals surface area contributed by atoms with E-state index < -0.39 is 0 Å². The van der Waals surface area contributed by atoms with Crippen LogP contribution in [0.3, 0.4) is 0 Å². The highest BCUT2D eigenvalue weighted by Crippen LogP contribution is 2.27. The van der Waals surface area contributed by atoms with Crippen LogP contribution >= 0.6 is 0 Å². The number of benzene rings is 5. The molecule has 6 heteroatoms. The summed E-state index contributed by atoms with van der Waals surface area (Å²) < 4.78 is 11.0. The van der Waals surface area contributed by atoms with Crippen LogP contribution in [0.25, 0.3) is 10.8 Å². The first-order valence-corrected chi connectivity index (χ1v) is 15.0. The first-order valence-electron chi connectivity index (χ1n) is 15.0. The smallest absolute Gasteiger partial charge is 0.306 e. The molecule has 1 N–H and O–H groups in total. The van der Waals surface area contributed by atoms with Crippen molar-refractivity contribution in [2.45, 2.75) is 26.1 Å². The SMILES string of the molecule is COC(=O)CCNCc1ccc2ccccc2c1C(=O)c1cccc(OCCN(Cc2ccccc2)Cc2ccccc2)c1. The summed E-state index contributed by atoms with van der Waals surface area (Å²) >= 11 is 0. The molecule has 5 aromatic carbocycles. The zero-order chi connectivity index (χ0) is 30.6. The molecule has 0 spiro atoms. The molecule has 5 rings (SSSR count). The predicted molar refractivity (Wildman–Crippen MR) is 175 cm³/mol. The maximum atomic E-state index is 14.0. The monoisotopic (exact) mass is 586 g/mol. The quantitative estimate of drug-likeness (QED) is 0.0827. The normalized spacial score (nSPS) is 11.0. The molecule has 0 unspecified atom stereocenters. The van der Waals surface area contributed by atoms with E-state index in [-0.39, 0.29) is 18.2 Å². The van der Waals surface area contributed by atoms with Gasteiger partial charge in [-0.3, -0.25) is 14.5 Å². The molecule has 0 saturated heterocycles. The van der Waals surface area contributed by atoms with Crippen LogP contribution in [-0.2, 0) is 29.2 Å². The molecule has 0 fully saturated rings. The molecule has 0 aliphatic carbocycles. The van der Waals surface area contributed by atoms with Crippen LogP contribution in [0, 0.1) is 0 Å². The number of nitrogens with zero attached hydrogens (tertiary/aromatic N) is 1. The highest BCUT2D eigenvalue weighted by atomic mass is 16.5. The summed E-state index contributed by atoms with van der Waals surface area (Å²) in [5.74, 6) is 0.326. The minimum atomic E-state index is -0.271. The van der Waals surface area contributed by atoms with Crippen LogP contribution < -0.4 is 10.1 Å². The minimum absolute atomic E-state index is 0.0631. The standard InChI is InChI=1S/C38H38N2O4/c1-43-36(41)21-22-39-26-33-20-19-31-15-8-9-18-35(31)37(33)38(42)32-16-10-17-34(25-32)44-24-23-40(27-29-11-4-2-5-12-29)28-30-13-6-3-7-14-30/h2-20,25,39H,21-24,26-28H2,1H3. The first-order chi connectivity index (χ1) is 21.6. The molecule has 224 valence electrons. The molecule has 0 aromatic heterocycles. The predicted octanol–water partition coefficient (Wildman–Crippen LogP) is 6.80. The molecule has 0 bridgehead atoms. The Balaban J connectivity index is 1.29. The molecule has 0 radical (unpaired) electrons. The third-order valence-corrected chi connectivity index (χ3v) is 7.56. The maximum Gasteiger partial charge on any atom is 0.306 e. The second-order valence-corrected chi connectivity index (χ2v) is 10.7. The highest BCUT2D eigenvalue weighted by molar-refractivity contribution is 6.17. The Labute approximate surface area is 259 Å². The van der Waals surface area contributed by atoms with E-state index in [4.69, 9.17) is 9.47 Å². The van der Waals surface area contributed by atoms with Crippen LogP contribution in [0.2, 0.25) is 0 Å². The second kappa shape index (κ2) is 15.6. The van der Waals surface area contributed by atoms with E-state index >= 15 is 0 Å². The van der Waals surface area contributed by atoms with Crippen molar-refractivity contribution in [1.29, 1.82) is 0 Å². The van der Waals surface area contributed by atoms with Crippen molar-refractivity contribution in [3.63, 3.8) is 0 Å². The van der Waals surface area contributed by atoms with Gasteiger partial charge in [-0.15, -0.1) is 0 Å². The highest BCUT2D eigenvalue weighted by Gasteiger charge is 2.18. The van der Waals surface area contributed by atoms with E-state index in [1.807, 2.05) is 72.8 Å². The molecular formula is C38H38N2O4. The number of ether oxygens (including phenoxy) is 2. The maximum absolute atomic E-state index is 14.0. The summed E-state index contributed by atoms with van der Waals surface area (Å²) in [5, 5.41) is 5.18. The molecule has 0 aliphatic heterocycles. The summed E-state index contributed by atoms with van der Waals surface area (Å²) in [7, 11) is 1.38. The number of esters is 1. The van der Waals surface area contributed by atoms with E-state index in [2.05, 4.69) is 58.7 Å². The fourth-order valence-corrected chi connectivity index (χ4v) is 5.31. The van der Waals surface area contributed by atoms with Gasteiger partial charge in [-0.2, -0.15) is 0 Å². The van der Waals surface area contributed by atoms with E-state index in [9.17, 15) is 9.59 Å². The molecule has 0 atom stereocenters. The van der Waals surface area contributed by atoms with Gasteiger partial charge >= 0.3 is 5.97 Å². The zero-order valence-corrected chi connectivity index (χ0v) is 25.1. The number of methoxy groups -OCH3 is 1. The van der Waals surface area contributed by atoms with Crippen molar-refractivity contribution in [3.8, 4) is 5.75 Å². The lowest BCUT2D eigenvalue weighted by atomic mass is 9.92. The molecule has 6 nitrogen and oxygen atoms in total. The van der Waals surface area contributed by atoms with Gasteiger partial charge in [0.1, 0.15) is 12.4 Å². The Bertz CT molecular complexity index is 1630. The van der Waals surface area contributed by atoms with Crippen LogP contribution in [0.1, 0.15) is 39.0 Å². The lowest BCUT2D eigenvalue weighted by Gasteiger charge is -2.23. The van der Waals surface area contributed by atoms with Crippen molar-refractivity contribution < 1.29 is 19.1 Å². The molecule has 0 amide bonds. The summed E-state index contributed by atoms with van der Waals surface area (Å²) in [4.78, 5) is 27.9. The number of hydrogen-bond donors (Lipinski definition) is 1. The topological polar surface area (TPSA) is 67.9 Å². The Morgan fingerprint density at radius 2 is 1.43 bits per heavy atom. The van der Waals surface area contributed by atoms with E-state index in [1.54, 1.807) is 0 Å². The van der Waals surface area contributed by atoms with Crippen LogP contribution in [0.15, 0.2) is 121 Å². The summed E-state index contributed by atoms with van der Waals surface area (Å²) in [6.45, 7) is 3.76. The number of ketones is 1. The van der Waals surface area contributed by atoms with Crippen LogP contribution in [-0.4, -0.2) is 43.5 Å². The van der Waals surface area contributed by atoms with Crippen molar-refractivity contribution in [2.75, 3.05) is 26.8 Å². The Morgan fingerprint density at radius 1 is 0.750 bits per heavy atom. The van der Waals surface area contributed by atoms with Gasteiger partial charge in [0.15, 0.2) is 5.78 Å². The largest absolute Gasteiger partial charge is 0.492 e. The van der Waals surface area contributed by atoms with Crippen LogP contribution in [0.4, 0.5) is 0 Å². The van der Waals surface area contributed by atoms with Crippen molar-refractivity contribution in [3.05, 3.63) is 149 Å². The van der Waals surface area contributed by atoms with Crippen molar-refractivity contribution >= 4 is 22.5 Å². The minimum Gasteiger partial charge on any atom is -0.492 e. The average molecular weight is 587 g/mol. The van der Waals surface area contributed by atoms with Gasteiger partial charge in [-0.05, 0) is 39.6 Å². The number of carbonyl (C=O) groups is 2. The van der Waals surface area contributed by atoms with Gasteiger partial charge in [-0.25, -0.2) is 0 Å². The number of carbonyl (C=O) groups excluding carboxylic acids is 2. The lowest BCUT2D eigenvalue weighted by molar-refractivity contribution is -0.140. The Kier molecular flexibility index (Phi) is 10.9. The summed E-state index contributed by atoms with van der Waals surface area (Å²) in [6, 6.07) is 40.2. The van der Waals surface area contributed by atoms with Gasteiger partial charge in [0.2, 0.25) is 0 Å². The van der Waals surface area contributed by atoms with E-state index in [0.717, 1.165) is 36.0 Å². The van der Waals surface area contributed by atoms with Gasteiger partial charge in [0, 0.05) is 43.9 Å². The van der Waals surface area contributed by atoms with Gasteiger partial charge in [0.25, 0.3) is 0 Å². The number of rotatable bonds is 15. The zero-order valence-electron chi connectivity index (χ0n) is 25.1. The fraction of sp³-hybridized carbons (Fsp3) is 0.211. The molecule has 44 heavy (non-hydrogen) atoms. The fourth-order valence-electron chi connectivity index (χ4n) is 5.31. The summed E-state index contributed by atoms with van der Waals surface area (Å²) in [6.07, 6.45) is 0.265. The Morgan fingerprint density at radius 3 is 2.14 bits per heavy atom. The number of hydrogen-bond acceptors (Lipinski definition) is 6. The number of fused-ring (bicyclic) bond motifs is 1. The van der Waals surface area contributed by atoms with Crippen molar-refractivity contribution in [2.24, 2.45) is 0 Å².